The lowest BCUT2D eigenvalue weighted by atomic mass is 9.74. The Morgan fingerprint density at radius 2 is 1.75 bits per heavy atom. The zero-order valence-electron chi connectivity index (χ0n) is 22.5. The van der Waals surface area contributed by atoms with Crippen molar-refractivity contribution in [2.75, 3.05) is 26.1 Å². The molecule has 1 heterocycles. The number of rotatable bonds is 6. The number of halogens is 3. The van der Waals surface area contributed by atoms with Gasteiger partial charge in [-0.25, -0.2) is 9.59 Å². The van der Waals surface area contributed by atoms with Crippen molar-refractivity contribution in [3.05, 3.63) is 76.5 Å². The Hall–Kier alpha value is -4.37. The van der Waals surface area contributed by atoms with Crippen molar-refractivity contribution in [1.82, 2.24) is 4.90 Å². The second kappa shape index (κ2) is 11.8. The molecule has 0 aromatic heterocycles. The number of alkyl halides is 3. The van der Waals surface area contributed by atoms with Gasteiger partial charge in [0.2, 0.25) is 5.91 Å². The Labute approximate surface area is 229 Å². The molecule has 0 fully saturated rings. The summed E-state index contributed by atoms with van der Waals surface area (Å²) in [6.45, 7) is 2.78. The quantitative estimate of drug-likeness (QED) is 0.534. The van der Waals surface area contributed by atoms with E-state index in [1.54, 1.807) is 12.1 Å². The van der Waals surface area contributed by atoms with Crippen molar-refractivity contribution in [1.29, 1.82) is 5.26 Å². The van der Waals surface area contributed by atoms with Crippen LogP contribution in [0.15, 0.2) is 59.8 Å². The standard InChI is InChI=1S/C28H29F3N4O5/c1-15-21(27(38)40-16(2)26(37)39-5)22(18-11-9-17(14-32)10-12-18)23(25(36)34(3)4)24(33)35(15)20-8-6-7-19(13-20)28(29,30)31/h6-13,16,22-24H,33H2,1-5H3/t16-,22?,23?,24?/m1/s1. The first-order valence-electron chi connectivity index (χ1n) is 12.2. The number of hydrogen-bond acceptors (Lipinski definition) is 8. The van der Waals surface area contributed by atoms with Gasteiger partial charge in [0.15, 0.2) is 6.10 Å². The second-order valence-corrected chi connectivity index (χ2v) is 9.45. The summed E-state index contributed by atoms with van der Waals surface area (Å²) >= 11 is 0. The van der Waals surface area contributed by atoms with Gasteiger partial charge in [0.1, 0.15) is 0 Å². The number of carbonyl (C=O) groups is 3. The van der Waals surface area contributed by atoms with Crippen molar-refractivity contribution >= 4 is 23.5 Å². The van der Waals surface area contributed by atoms with E-state index in [1.807, 2.05) is 6.07 Å². The van der Waals surface area contributed by atoms with Crippen molar-refractivity contribution in [3.63, 3.8) is 0 Å². The number of nitriles is 1. The Kier molecular flexibility index (Phi) is 8.90. The van der Waals surface area contributed by atoms with Gasteiger partial charge in [0.25, 0.3) is 0 Å². The van der Waals surface area contributed by atoms with E-state index in [4.69, 9.17) is 10.5 Å². The fourth-order valence-corrected chi connectivity index (χ4v) is 4.75. The Morgan fingerprint density at radius 3 is 2.27 bits per heavy atom. The monoisotopic (exact) mass is 558 g/mol. The SMILES string of the molecule is COC(=O)[C@@H](C)OC(=O)C1=C(C)N(c2cccc(C(F)(F)F)c2)C(N)C(C(=O)N(C)C)C1c1ccc(C#N)cc1. The molecule has 0 saturated carbocycles. The van der Waals surface area contributed by atoms with Crippen LogP contribution >= 0.6 is 0 Å². The maximum absolute atomic E-state index is 13.7. The van der Waals surface area contributed by atoms with Gasteiger partial charge < -0.3 is 25.0 Å². The third-order valence-corrected chi connectivity index (χ3v) is 6.70. The minimum absolute atomic E-state index is 0.000904. The molecule has 2 N–H and O–H groups in total. The van der Waals surface area contributed by atoms with Gasteiger partial charge in [0.05, 0.1) is 42.0 Å². The summed E-state index contributed by atoms with van der Waals surface area (Å²) in [6.07, 6.45) is -7.19. The summed E-state index contributed by atoms with van der Waals surface area (Å²) in [5, 5.41) is 9.25. The molecule has 0 aliphatic carbocycles. The molecule has 0 radical (unpaired) electrons. The van der Waals surface area contributed by atoms with Gasteiger partial charge in [-0.15, -0.1) is 0 Å². The van der Waals surface area contributed by atoms with E-state index in [0.29, 0.717) is 11.1 Å². The van der Waals surface area contributed by atoms with E-state index >= 15 is 0 Å². The average molecular weight is 559 g/mol. The molecule has 12 heteroatoms. The smallest absolute Gasteiger partial charge is 0.416 e. The van der Waals surface area contributed by atoms with Crippen LogP contribution in [0.2, 0.25) is 0 Å². The number of anilines is 1. The molecule has 4 atom stereocenters. The Morgan fingerprint density at radius 1 is 1.12 bits per heavy atom. The normalized spacial score (nSPS) is 19.9. The first-order chi connectivity index (χ1) is 18.7. The maximum Gasteiger partial charge on any atom is 0.416 e. The third-order valence-electron chi connectivity index (χ3n) is 6.70. The highest BCUT2D eigenvalue weighted by molar-refractivity contribution is 5.96. The molecule has 2 aromatic carbocycles. The predicted molar refractivity (Wildman–Crippen MR) is 138 cm³/mol. The van der Waals surface area contributed by atoms with Crippen LogP contribution in [0.1, 0.15) is 36.5 Å². The zero-order chi connectivity index (χ0) is 29.9. The molecule has 3 unspecified atom stereocenters. The molecule has 2 aromatic rings. The van der Waals surface area contributed by atoms with Crippen LogP contribution in [0, 0.1) is 17.2 Å². The molecule has 1 aliphatic rings. The van der Waals surface area contributed by atoms with Crippen LogP contribution in [0.3, 0.4) is 0 Å². The maximum atomic E-state index is 13.7. The summed E-state index contributed by atoms with van der Waals surface area (Å²) in [5.41, 5.74) is 6.51. The molecule has 1 amide bonds. The van der Waals surface area contributed by atoms with Crippen molar-refractivity contribution < 1.29 is 37.0 Å². The topological polar surface area (TPSA) is 126 Å². The molecular formula is C28H29F3N4O5. The number of carbonyl (C=O) groups excluding carboxylic acids is 3. The Balaban J connectivity index is 2.32. The lowest BCUT2D eigenvalue weighted by Crippen LogP contribution is -2.57. The Bertz CT molecular complexity index is 1370. The molecule has 0 bridgehead atoms. The number of methoxy groups -OCH3 is 1. The summed E-state index contributed by atoms with van der Waals surface area (Å²) < 4.78 is 50.8. The lowest BCUT2D eigenvalue weighted by Gasteiger charge is -2.46. The first-order valence-corrected chi connectivity index (χ1v) is 12.2. The molecule has 9 nitrogen and oxygen atoms in total. The highest BCUT2D eigenvalue weighted by Gasteiger charge is 2.48. The van der Waals surface area contributed by atoms with Gasteiger partial charge >= 0.3 is 18.1 Å². The molecule has 3 rings (SSSR count). The van der Waals surface area contributed by atoms with Crippen LogP contribution in [-0.2, 0) is 30.0 Å². The third kappa shape index (κ3) is 5.94. The molecular weight excluding hydrogens is 529 g/mol. The minimum Gasteiger partial charge on any atom is -0.466 e. The number of nitrogens with two attached hydrogens (primary N) is 1. The number of ether oxygens (including phenoxy) is 2. The number of amides is 1. The van der Waals surface area contributed by atoms with E-state index in [9.17, 15) is 32.8 Å². The van der Waals surface area contributed by atoms with E-state index in [-0.39, 0.29) is 17.0 Å². The highest BCUT2D eigenvalue weighted by atomic mass is 19.4. The molecule has 0 saturated heterocycles. The largest absolute Gasteiger partial charge is 0.466 e. The van der Waals surface area contributed by atoms with Gasteiger partial charge in [0, 0.05) is 31.4 Å². The number of hydrogen-bond donors (Lipinski definition) is 1. The first kappa shape index (κ1) is 30.2. The van der Waals surface area contributed by atoms with Gasteiger partial charge in [-0.2, -0.15) is 18.4 Å². The van der Waals surface area contributed by atoms with Crippen LogP contribution < -0.4 is 10.6 Å². The summed E-state index contributed by atoms with van der Waals surface area (Å²) in [7, 11) is 4.10. The molecule has 0 spiro atoms. The number of benzene rings is 2. The van der Waals surface area contributed by atoms with Crippen molar-refractivity contribution in [2.24, 2.45) is 11.7 Å². The van der Waals surface area contributed by atoms with E-state index in [1.165, 1.54) is 62.0 Å². The summed E-state index contributed by atoms with van der Waals surface area (Å²) in [6, 6.07) is 12.5. The number of esters is 2. The highest BCUT2D eigenvalue weighted by Crippen LogP contribution is 2.45. The summed E-state index contributed by atoms with van der Waals surface area (Å²) in [5.74, 6) is -4.53. The van der Waals surface area contributed by atoms with Crippen LogP contribution in [0.25, 0.3) is 0 Å². The number of nitrogens with zero attached hydrogens (tertiary/aromatic N) is 3. The summed E-state index contributed by atoms with van der Waals surface area (Å²) in [4.78, 5) is 41.9. The van der Waals surface area contributed by atoms with Crippen LogP contribution in [-0.4, -0.2) is 56.2 Å². The molecule has 1 aliphatic heterocycles. The van der Waals surface area contributed by atoms with Crippen molar-refractivity contribution in [3.8, 4) is 6.07 Å². The van der Waals surface area contributed by atoms with Gasteiger partial charge in [-0.3, -0.25) is 4.79 Å². The fourth-order valence-electron chi connectivity index (χ4n) is 4.75. The van der Waals surface area contributed by atoms with Crippen LogP contribution in [0.5, 0.6) is 0 Å². The fraction of sp³-hybridized carbons (Fsp3) is 0.357. The molecule has 212 valence electrons. The van der Waals surface area contributed by atoms with Gasteiger partial charge in [-0.1, -0.05) is 18.2 Å². The van der Waals surface area contributed by atoms with Crippen LogP contribution in [0.4, 0.5) is 18.9 Å². The lowest BCUT2D eigenvalue weighted by molar-refractivity contribution is -0.162. The van der Waals surface area contributed by atoms with Crippen molar-refractivity contribution in [2.45, 2.75) is 38.2 Å². The van der Waals surface area contributed by atoms with E-state index in [0.717, 1.165) is 19.2 Å². The number of allylic oxidation sites excluding steroid dienone is 1. The second-order valence-electron chi connectivity index (χ2n) is 9.45. The van der Waals surface area contributed by atoms with Gasteiger partial charge in [-0.05, 0) is 49.7 Å². The predicted octanol–water partition coefficient (Wildman–Crippen LogP) is 3.55. The minimum atomic E-state index is -4.66. The van der Waals surface area contributed by atoms with E-state index < -0.39 is 53.7 Å². The van der Waals surface area contributed by atoms with E-state index in [2.05, 4.69) is 4.74 Å². The molecule has 40 heavy (non-hydrogen) atoms. The average Bonchev–Trinajstić information content (AvgIpc) is 2.91. The zero-order valence-corrected chi connectivity index (χ0v) is 22.5.